The summed E-state index contributed by atoms with van der Waals surface area (Å²) in [5.41, 5.74) is 0.198. The van der Waals surface area contributed by atoms with Gasteiger partial charge in [0.2, 0.25) is 0 Å². The molecule has 4 rings (SSSR count). The molecular weight excluding hydrogens is 176 g/mol. The molecule has 4 bridgehead atoms. The molecule has 2 unspecified atom stereocenters. The number of hydrogen-bond donors (Lipinski definition) is 1. The van der Waals surface area contributed by atoms with Crippen molar-refractivity contribution in [3.8, 4) is 0 Å². The highest BCUT2D eigenvalue weighted by molar-refractivity contribution is 5.10. The van der Waals surface area contributed by atoms with E-state index in [0.29, 0.717) is 6.04 Å². The van der Waals surface area contributed by atoms with Gasteiger partial charge in [-0.15, -0.1) is 0 Å². The van der Waals surface area contributed by atoms with Crippen molar-refractivity contribution in [3.63, 3.8) is 0 Å². The van der Waals surface area contributed by atoms with Crippen molar-refractivity contribution in [1.29, 1.82) is 0 Å². The first-order valence-electron chi connectivity index (χ1n) is 5.82. The van der Waals surface area contributed by atoms with Gasteiger partial charge in [0.15, 0.2) is 0 Å². The standard InChI is InChI=1S/C11H20N2O/c1-11-5-7-3-9(13(11)14)4-8(6-11)10(7)12-2/h7-10,12,14H,3-6H2,1-2H3/p+1. The monoisotopic (exact) mass is 197 g/mol. The first-order chi connectivity index (χ1) is 6.64. The van der Waals surface area contributed by atoms with Crippen LogP contribution >= 0.6 is 0 Å². The highest BCUT2D eigenvalue weighted by atomic mass is 16.5. The minimum Gasteiger partial charge on any atom is -0.338 e. The predicted molar refractivity (Wildman–Crippen MR) is 55.9 cm³/mol. The van der Waals surface area contributed by atoms with Crippen molar-refractivity contribution in [2.24, 2.45) is 11.8 Å². The molecule has 0 aromatic rings. The Morgan fingerprint density at radius 1 is 1.29 bits per heavy atom. The summed E-state index contributed by atoms with van der Waals surface area (Å²) in [6.07, 6.45) is 4.96. The van der Waals surface area contributed by atoms with Crippen LogP contribution in [0.15, 0.2) is 0 Å². The van der Waals surface area contributed by atoms with Crippen LogP contribution in [0.5, 0.6) is 0 Å². The molecule has 2 saturated carbocycles. The maximum atomic E-state index is 8.13. The lowest BCUT2D eigenvalue weighted by Crippen LogP contribution is -2.69. The van der Waals surface area contributed by atoms with Crippen molar-refractivity contribution in [1.82, 2.24) is 10.4 Å². The minimum absolute atomic E-state index is 0.198. The van der Waals surface area contributed by atoms with Crippen LogP contribution in [0.4, 0.5) is 0 Å². The normalized spacial score (nSPS) is 56.8. The van der Waals surface area contributed by atoms with Gasteiger partial charge in [-0.05, 0) is 51.5 Å². The summed E-state index contributed by atoms with van der Waals surface area (Å²) in [6, 6.07) is 1.30. The summed E-state index contributed by atoms with van der Waals surface area (Å²) >= 11 is 0. The maximum absolute atomic E-state index is 8.13. The van der Waals surface area contributed by atoms with E-state index < -0.39 is 0 Å². The minimum atomic E-state index is 0.198. The maximum Gasteiger partial charge on any atom is 0.0866 e. The van der Waals surface area contributed by atoms with E-state index in [1.807, 2.05) is 5.06 Å². The summed E-state index contributed by atoms with van der Waals surface area (Å²) < 4.78 is 0. The lowest BCUT2D eigenvalue weighted by atomic mass is 9.57. The lowest BCUT2D eigenvalue weighted by molar-refractivity contribution is -0.274. The molecule has 2 heterocycles. The Balaban J connectivity index is 1.92. The summed E-state index contributed by atoms with van der Waals surface area (Å²) in [5, 5.41) is 13.6. The molecule has 0 radical (unpaired) electrons. The van der Waals surface area contributed by atoms with Gasteiger partial charge in [-0.3, -0.25) is 0 Å². The average Bonchev–Trinajstić information content (AvgIpc) is 2.12. The number of piperidine rings is 2. The first-order valence-corrected chi connectivity index (χ1v) is 5.82. The molecular formula is C11H21N2O+. The second-order valence-corrected chi connectivity index (χ2v) is 5.74. The Hall–Kier alpha value is -0.120. The number of rotatable bonds is 1. The summed E-state index contributed by atoms with van der Waals surface area (Å²) in [7, 11) is 2.10. The number of hydroxylamine groups is 2. The van der Waals surface area contributed by atoms with Crippen molar-refractivity contribution >= 4 is 0 Å². The Bertz CT molecular complexity index is 240. The van der Waals surface area contributed by atoms with Crippen LogP contribution in [-0.4, -0.2) is 34.9 Å². The molecule has 0 aromatic carbocycles. The number of nitrogens with one attached hydrogen (secondary N) is 1. The zero-order valence-electron chi connectivity index (χ0n) is 9.09. The van der Waals surface area contributed by atoms with Crippen LogP contribution in [0.25, 0.3) is 0 Å². The zero-order chi connectivity index (χ0) is 9.92. The third-order valence-electron chi connectivity index (χ3n) is 4.85. The Labute approximate surface area is 85.4 Å². The Kier molecular flexibility index (Phi) is 1.77. The molecule has 2 atom stereocenters. The van der Waals surface area contributed by atoms with Gasteiger partial charge in [-0.1, -0.05) is 5.06 Å². The Morgan fingerprint density at radius 2 is 1.86 bits per heavy atom. The van der Waals surface area contributed by atoms with Crippen molar-refractivity contribution in [2.45, 2.75) is 50.2 Å². The van der Waals surface area contributed by atoms with Crippen LogP contribution in [0, 0.1) is 11.8 Å². The van der Waals surface area contributed by atoms with E-state index in [-0.39, 0.29) is 5.54 Å². The van der Waals surface area contributed by atoms with Crippen molar-refractivity contribution in [3.05, 3.63) is 0 Å². The third-order valence-corrected chi connectivity index (χ3v) is 4.85. The molecule has 80 valence electrons. The van der Waals surface area contributed by atoms with E-state index in [1.165, 1.54) is 25.7 Å². The predicted octanol–water partition coefficient (Wildman–Crippen LogP) is 0.477. The fourth-order valence-electron chi connectivity index (χ4n) is 4.43. The van der Waals surface area contributed by atoms with E-state index >= 15 is 0 Å². The van der Waals surface area contributed by atoms with Gasteiger partial charge in [-0.25, -0.2) is 0 Å². The van der Waals surface area contributed by atoms with Gasteiger partial charge in [0.05, 0.1) is 11.6 Å². The van der Waals surface area contributed by atoms with Crippen molar-refractivity contribution in [2.75, 3.05) is 7.05 Å². The van der Waals surface area contributed by atoms with Gasteiger partial charge < -0.3 is 10.5 Å². The van der Waals surface area contributed by atoms with E-state index in [2.05, 4.69) is 19.3 Å². The second kappa shape index (κ2) is 2.71. The molecule has 4 fully saturated rings. The zero-order valence-corrected chi connectivity index (χ0v) is 9.09. The third kappa shape index (κ3) is 0.980. The summed E-state index contributed by atoms with van der Waals surface area (Å²) in [6.45, 7) is 2.29. The van der Waals surface area contributed by atoms with Crippen molar-refractivity contribution < 1.29 is 5.21 Å². The highest BCUT2D eigenvalue weighted by Gasteiger charge is 2.59. The smallest absolute Gasteiger partial charge is 0.0866 e. The first kappa shape index (κ1) is 9.13. The topological polar surface area (TPSA) is 38.2 Å². The number of hydrogen-bond acceptors (Lipinski definition) is 2. The summed E-state index contributed by atoms with van der Waals surface area (Å²) in [4.78, 5) is 0. The molecule has 0 spiro atoms. The van der Waals surface area contributed by atoms with Gasteiger partial charge in [0, 0.05) is 6.04 Å². The van der Waals surface area contributed by atoms with E-state index in [9.17, 15) is 0 Å². The molecule has 3 N–H and O–H groups in total. The molecule has 2 aliphatic carbocycles. The fourth-order valence-corrected chi connectivity index (χ4v) is 4.43. The quantitative estimate of drug-likeness (QED) is 0.621. The molecule has 3 heteroatoms. The van der Waals surface area contributed by atoms with E-state index in [0.717, 1.165) is 17.9 Å². The molecule has 2 saturated heterocycles. The molecule has 2 aliphatic heterocycles. The molecule has 14 heavy (non-hydrogen) atoms. The largest absolute Gasteiger partial charge is 0.338 e. The van der Waals surface area contributed by atoms with Gasteiger partial charge >= 0.3 is 0 Å². The lowest BCUT2D eigenvalue weighted by Gasteiger charge is -2.59. The van der Waals surface area contributed by atoms with Crippen LogP contribution in [0.3, 0.4) is 0 Å². The SMILES string of the molecule is CNC1C2CC3CC1CC(C)(C2)N3[OH2+]. The average molecular weight is 197 g/mol. The Morgan fingerprint density at radius 3 is 2.29 bits per heavy atom. The molecule has 3 nitrogen and oxygen atoms in total. The molecule has 0 aromatic heterocycles. The highest BCUT2D eigenvalue weighted by Crippen LogP contribution is 2.53. The number of nitrogens with zero attached hydrogens (tertiary/aromatic N) is 1. The second-order valence-electron chi connectivity index (χ2n) is 5.74. The van der Waals surface area contributed by atoms with Gasteiger partial charge in [-0.2, -0.15) is 0 Å². The van der Waals surface area contributed by atoms with Gasteiger partial charge in [0.25, 0.3) is 0 Å². The van der Waals surface area contributed by atoms with Gasteiger partial charge in [0.1, 0.15) is 0 Å². The van der Waals surface area contributed by atoms with Crippen LogP contribution in [0.1, 0.15) is 32.6 Å². The molecule has 0 amide bonds. The molecule has 4 aliphatic rings. The van der Waals surface area contributed by atoms with Crippen LogP contribution in [-0.2, 0) is 0 Å². The van der Waals surface area contributed by atoms with E-state index in [4.69, 9.17) is 5.21 Å². The summed E-state index contributed by atoms with van der Waals surface area (Å²) in [5.74, 6) is 1.67. The van der Waals surface area contributed by atoms with E-state index in [1.54, 1.807) is 0 Å². The van der Waals surface area contributed by atoms with Crippen LogP contribution < -0.4 is 5.32 Å². The fraction of sp³-hybridized carbons (Fsp3) is 1.00. The van der Waals surface area contributed by atoms with Crippen LogP contribution in [0.2, 0.25) is 0 Å².